The Labute approximate surface area is 254 Å². The van der Waals surface area contributed by atoms with E-state index in [1.54, 1.807) is 0 Å². The highest BCUT2D eigenvalue weighted by Gasteiger charge is 2.48. The zero-order valence-electron chi connectivity index (χ0n) is 24.4. The van der Waals surface area contributed by atoms with E-state index in [9.17, 15) is 9.59 Å². The smallest absolute Gasteiger partial charge is 0.308 e. The lowest BCUT2D eigenvalue weighted by Gasteiger charge is -2.27. The van der Waals surface area contributed by atoms with Gasteiger partial charge in [-0.3, -0.25) is 9.59 Å². The van der Waals surface area contributed by atoms with Crippen LogP contribution in [0, 0.1) is 0 Å². The maximum Gasteiger partial charge on any atom is 0.308 e. The van der Waals surface area contributed by atoms with Crippen LogP contribution in [-0.2, 0) is 9.59 Å². The maximum absolute atomic E-state index is 12.7. The molecule has 0 saturated heterocycles. The van der Waals surface area contributed by atoms with Crippen molar-refractivity contribution >= 4 is 44.3 Å². The summed E-state index contributed by atoms with van der Waals surface area (Å²) in [6.45, 7) is 2.95. The number of esters is 2. The first-order valence-electron chi connectivity index (χ1n) is 15.5. The second-order valence-electron chi connectivity index (χ2n) is 13.0. The van der Waals surface area contributed by atoms with Crippen LogP contribution in [0.5, 0.6) is 11.5 Å². The first-order chi connectivity index (χ1) is 21.4. The van der Waals surface area contributed by atoms with E-state index in [4.69, 9.17) is 9.47 Å². The van der Waals surface area contributed by atoms with Crippen LogP contribution in [0.4, 0.5) is 0 Å². The van der Waals surface area contributed by atoms with Crippen LogP contribution in [0.25, 0.3) is 32.3 Å². The van der Waals surface area contributed by atoms with Gasteiger partial charge in [-0.15, -0.1) is 0 Å². The fraction of sp³-hybridized carbons (Fsp3) is 0.200. The topological polar surface area (TPSA) is 52.6 Å². The van der Waals surface area contributed by atoms with Crippen molar-refractivity contribution in [3.05, 3.63) is 129 Å². The van der Waals surface area contributed by atoms with Crippen LogP contribution in [0.1, 0.15) is 94.9 Å². The van der Waals surface area contributed by atoms with Gasteiger partial charge in [0.25, 0.3) is 0 Å². The van der Waals surface area contributed by atoms with E-state index in [1.807, 2.05) is 0 Å². The summed E-state index contributed by atoms with van der Waals surface area (Å²) in [4.78, 5) is 25.4. The summed E-state index contributed by atoms with van der Waals surface area (Å²) in [5.41, 5.74) is 9.96. The monoisotopic (exact) mass is 572 g/mol. The quantitative estimate of drug-likeness (QED) is 0.154. The number of rotatable bonds is 2. The number of hydrogen-bond acceptors (Lipinski definition) is 4. The Morgan fingerprint density at radius 3 is 1.18 bits per heavy atom. The summed E-state index contributed by atoms with van der Waals surface area (Å²) in [5, 5.41) is 6.65. The number of fused-ring (bicyclic) bond motifs is 19. The lowest BCUT2D eigenvalue weighted by Crippen LogP contribution is -2.14. The minimum Gasteiger partial charge on any atom is -0.426 e. The van der Waals surface area contributed by atoms with E-state index >= 15 is 0 Å². The molecule has 10 rings (SSSR count). The van der Waals surface area contributed by atoms with Crippen LogP contribution in [0.15, 0.2) is 84.9 Å². The van der Waals surface area contributed by atoms with Crippen LogP contribution in [0.3, 0.4) is 0 Å². The van der Waals surface area contributed by atoms with Gasteiger partial charge in [-0.2, -0.15) is 0 Å². The molecule has 4 aliphatic carbocycles. The standard InChI is InChI=1S/C40H28O4/c1-19(41)43-39-35-16-31-29-15-30(26-12-22-8-4-3-7-21(22)11-25(26)29)32(31)17-36(35)40(44-20(2)42)38-34-18-33(37(38)39)27-13-23-9-5-6-10-24(23)14-28(27)34/h3-14,16-17,29-30,33-34H,15,18H2,1-2H3/t29-,30+,33+,34-. The fourth-order valence-electron chi connectivity index (χ4n) is 9.22. The maximum atomic E-state index is 12.7. The highest BCUT2D eigenvalue weighted by Crippen LogP contribution is 2.65. The van der Waals surface area contributed by atoms with Crippen LogP contribution in [-0.4, -0.2) is 11.9 Å². The minimum absolute atomic E-state index is 0.0689. The predicted molar refractivity (Wildman–Crippen MR) is 171 cm³/mol. The Bertz CT molecular complexity index is 2170. The van der Waals surface area contributed by atoms with Gasteiger partial charge in [0, 0.05) is 59.4 Å². The van der Waals surface area contributed by atoms with Crippen molar-refractivity contribution in [3.8, 4) is 11.5 Å². The van der Waals surface area contributed by atoms with Gasteiger partial charge < -0.3 is 9.47 Å². The van der Waals surface area contributed by atoms with Crippen LogP contribution in [0.2, 0.25) is 0 Å². The molecule has 4 aliphatic rings. The molecule has 0 aliphatic heterocycles. The molecule has 4 bridgehead atoms. The first-order valence-corrected chi connectivity index (χ1v) is 15.5. The van der Waals surface area contributed by atoms with Gasteiger partial charge in [0.15, 0.2) is 0 Å². The molecule has 0 heterocycles. The third kappa shape index (κ3) is 3.08. The summed E-state index contributed by atoms with van der Waals surface area (Å²) in [6, 6.07) is 30.8. The molecule has 6 aromatic rings. The van der Waals surface area contributed by atoms with Gasteiger partial charge in [-0.05, 0) is 79.9 Å². The largest absolute Gasteiger partial charge is 0.426 e. The molecule has 0 unspecified atom stereocenters. The summed E-state index contributed by atoms with van der Waals surface area (Å²) in [6.07, 6.45) is 1.91. The molecular weight excluding hydrogens is 544 g/mol. The Balaban J connectivity index is 1.25. The molecule has 4 atom stereocenters. The van der Waals surface area contributed by atoms with E-state index in [0.29, 0.717) is 11.5 Å². The molecule has 6 aromatic carbocycles. The van der Waals surface area contributed by atoms with Crippen molar-refractivity contribution in [2.24, 2.45) is 0 Å². The number of carbonyl (C=O) groups excluding carboxylic acids is 2. The zero-order valence-corrected chi connectivity index (χ0v) is 24.4. The van der Waals surface area contributed by atoms with Gasteiger partial charge in [0.1, 0.15) is 11.5 Å². The van der Waals surface area contributed by atoms with Crippen molar-refractivity contribution < 1.29 is 19.1 Å². The molecule has 0 amide bonds. The summed E-state index contributed by atoms with van der Waals surface area (Å²) in [5.74, 6) is 1.31. The molecule has 44 heavy (non-hydrogen) atoms. The van der Waals surface area contributed by atoms with Crippen LogP contribution < -0.4 is 9.47 Å². The van der Waals surface area contributed by atoms with Gasteiger partial charge >= 0.3 is 11.9 Å². The van der Waals surface area contributed by atoms with Crippen molar-refractivity contribution in [2.75, 3.05) is 0 Å². The number of ether oxygens (including phenoxy) is 2. The summed E-state index contributed by atoms with van der Waals surface area (Å²) < 4.78 is 12.3. The van der Waals surface area contributed by atoms with E-state index in [-0.39, 0.29) is 35.6 Å². The Kier molecular flexibility index (Phi) is 4.65. The van der Waals surface area contributed by atoms with Gasteiger partial charge in [-0.1, -0.05) is 72.8 Å². The SMILES string of the molecule is CC(=O)Oc1c2c(c(OC(C)=O)c3cc4c(cc13)[C@H]1C[C@@H]4c3cc4ccccc4cc31)[C@H]1C[C@@H]2c2cc3ccccc3cc21. The summed E-state index contributed by atoms with van der Waals surface area (Å²) in [7, 11) is 0. The molecule has 212 valence electrons. The second kappa shape index (κ2) is 8.35. The van der Waals surface area contributed by atoms with Crippen molar-refractivity contribution in [2.45, 2.75) is 50.4 Å². The van der Waals surface area contributed by atoms with Crippen LogP contribution >= 0.6 is 0 Å². The predicted octanol–water partition coefficient (Wildman–Crippen LogP) is 8.96. The average Bonchev–Trinajstić information content (AvgIpc) is 3.78. The highest BCUT2D eigenvalue weighted by atomic mass is 16.5. The third-order valence-electron chi connectivity index (χ3n) is 10.8. The van der Waals surface area contributed by atoms with E-state index < -0.39 is 0 Å². The Morgan fingerprint density at radius 1 is 0.500 bits per heavy atom. The van der Waals surface area contributed by atoms with E-state index in [1.165, 1.54) is 68.8 Å². The number of hydrogen-bond donors (Lipinski definition) is 0. The van der Waals surface area contributed by atoms with E-state index in [0.717, 1.165) is 34.7 Å². The van der Waals surface area contributed by atoms with Gasteiger partial charge in [0.05, 0.1) is 0 Å². The fourth-order valence-corrected chi connectivity index (χ4v) is 9.22. The molecule has 0 aromatic heterocycles. The van der Waals surface area contributed by atoms with Crippen molar-refractivity contribution in [3.63, 3.8) is 0 Å². The highest BCUT2D eigenvalue weighted by molar-refractivity contribution is 6.02. The Morgan fingerprint density at radius 2 is 0.818 bits per heavy atom. The molecule has 0 radical (unpaired) electrons. The Hall–Kier alpha value is -4.96. The van der Waals surface area contributed by atoms with Crippen molar-refractivity contribution in [1.82, 2.24) is 0 Å². The number of carbonyl (C=O) groups is 2. The van der Waals surface area contributed by atoms with Crippen molar-refractivity contribution in [1.29, 1.82) is 0 Å². The molecule has 0 spiro atoms. The molecule has 0 N–H and O–H groups in total. The average molecular weight is 573 g/mol. The second-order valence-corrected chi connectivity index (χ2v) is 13.0. The first kappa shape index (κ1) is 24.5. The van der Waals surface area contributed by atoms with E-state index in [2.05, 4.69) is 84.9 Å². The lowest BCUT2D eigenvalue weighted by atomic mass is 9.79. The third-order valence-corrected chi connectivity index (χ3v) is 10.8. The molecule has 4 heteroatoms. The van der Waals surface area contributed by atoms with Gasteiger partial charge in [0.2, 0.25) is 0 Å². The number of benzene rings is 6. The molecule has 0 saturated carbocycles. The minimum atomic E-state index is -0.339. The normalized spacial score (nSPS) is 21.4. The molecule has 4 nitrogen and oxygen atoms in total. The zero-order chi connectivity index (χ0) is 29.4. The van der Waals surface area contributed by atoms with Gasteiger partial charge in [-0.25, -0.2) is 0 Å². The molecular formula is C40H28O4. The molecule has 0 fully saturated rings. The lowest BCUT2D eigenvalue weighted by molar-refractivity contribution is -0.133. The summed E-state index contributed by atoms with van der Waals surface area (Å²) >= 11 is 0.